The van der Waals surface area contributed by atoms with Crippen molar-refractivity contribution in [2.75, 3.05) is 10.6 Å². The number of rotatable bonds is 17. The largest absolute Gasteiger partial charge is 0.481 e. The molecule has 13 heteroatoms. The number of hydrogen-bond acceptors (Lipinski definition) is 9. The molecule has 3 unspecified atom stereocenters. The summed E-state index contributed by atoms with van der Waals surface area (Å²) in [7, 11) is 0. The van der Waals surface area contributed by atoms with E-state index in [1.807, 2.05) is 137 Å². The van der Waals surface area contributed by atoms with Crippen LogP contribution in [-0.4, -0.2) is 58.4 Å². The Kier molecular flexibility index (Phi) is 20.3. The molecule has 0 saturated heterocycles. The van der Waals surface area contributed by atoms with E-state index in [2.05, 4.69) is 39.4 Å². The Bertz CT molecular complexity index is 2380. The minimum absolute atomic E-state index is 0.0667. The maximum atomic E-state index is 13.4. The van der Waals surface area contributed by atoms with Crippen molar-refractivity contribution >= 4 is 52.3 Å². The van der Waals surface area contributed by atoms with Crippen molar-refractivity contribution in [3.63, 3.8) is 0 Å². The lowest BCUT2D eigenvalue weighted by molar-refractivity contribution is -0.147. The number of anilines is 2. The first kappa shape index (κ1) is 52.8. The first-order chi connectivity index (χ1) is 32.0. The van der Waals surface area contributed by atoms with Crippen LogP contribution >= 0.6 is 0 Å². The summed E-state index contributed by atoms with van der Waals surface area (Å²) in [6, 6.07) is 34.6. The number of nitrogens with two attached hydrogens (primary N) is 1. The fraction of sp³-hybridized carbons (Fsp3) is 0.352. The number of carbonyl (C=O) groups excluding carboxylic acids is 5. The standard InChI is InChI=1S/C27H31N3O3.C15H15N3O.C12H20O3/c1-5-11-20(18(4)31)22(16-17(2)3)26(32)30-25-27(33)28-23-15-10-9-14-21(23)24(29-25)19-12-7-6-8-13-19;16-14-15(19)17-12-9-5-4-8-11(12)13(18-14)10-6-2-1-3-7-10;1-5-6-10(9(4)13)11(12(14)15)7-8(2)3/h5-10,12-15,17,20,22,25H,1,11,16H2,2-4H3,(H,28,33)(H,30,32);1-9,13-14,18H,16H2,(H,17,19);5,8,10-11H,1,6-7H2,2-4H3,(H,14,15)/t20-,22-,25?;;10-,11-/m1.1/s1. The zero-order valence-corrected chi connectivity index (χ0v) is 39.4. The lowest BCUT2D eigenvalue weighted by Gasteiger charge is -2.26. The zero-order valence-electron chi connectivity index (χ0n) is 39.4. The third-order valence-corrected chi connectivity index (χ3v) is 11.5. The van der Waals surface area contributed by atoms with E-state index in [1.165, 1.54) is 13.8 Å². The van der Waals surface area contributed by atoms with Crippen molar-refractivity contribution in [3.8, 4) is 0 Å². The molecule has 2 aliphatic rings. The molecule has 4 aromatic carbocycles. The molecule has 4 aromatic rings. The van der Waals surface area contributed by atoms with Gasteiger partial charge in [0.25, 0.3) is 11.8 Å². The number of nitrogens with one attached hydrogen (secondary N) is 4. The highest BCUT2D eigenvalue weighted by Crippen LogP contribution is 2.31. The van der Waals surface area contributed by atoms with Gasteiger partial charge in [-0.3, -0.25) is 34.1 Å². The SMILES string of the molecule is C=CC[C@H](C(C)=O)[C@@H](CC(C)C)C(=O)NC1N=C(c2ccccc2)c2ccccc2NC1=O.C=CC[C@H](C(C)=O)[C@@H](CC(C)C)C(=O)O.NC1NC(c2ccccc2)c2ccccc2NC1=O. The number of nitrogens with zero attached hydrogens (tertiary/aromatic N) is 1. The fourth-order valence-electron chi connectivity index (χ4n) is 8.26. The molecule has 0 bridgehead atoms. The van der Waals surface area contributed by atoms with Gasteiger partial charge in [0.2, 0.25) is 12.1 Å². The van der Waals surface area contributed by atoms with Crippen LogP contribution in [0.5, 0.6) is 0 Å². The molecule has 0 aliphatic carbocycles. The molecule has 6 rings (SSSR count). The quantitative estimate of drug-likeness (QED) is 0.0561. The first-order valence-electron chi connectivity index (χ1n) is 22.7. The van der Waals surface area contributed by atoms with Crippen LogP contribution in [0.1, 0.15) is 95.5 Å². The molecule has 0 radical (unpaired) electrons. The smallest absolute Gasteiger partial charge is 0.307 e. The Hall–Kier alpha value is -6.83. The average molecular weight is 911 g/mol. The molecule has 354 valence electrons. The number of benzene rings is 4. The Morgan fingerprint density at radius 2 is 1.18 bits per heavy atom. The second-order valence-corrected chi connectivity index (χ2v) is 17.6. The summed E-state index contributed by atoms with van der Waals surface area (Å²) < 4.78 is 0. The topological polar surface area (TPSA) is 209 Å². The van der Waals surface area contributed by atoms with Crippen LogP contribution in [0.25, 0.3) is 0 Å². The van der Waals surface area contributed by atoms with Gasteiger partial charge in [0.15, 0.2) is 0 Å². The van der Waals surface area contributed by atoms with E-state index in [0.29, 0.717) is 37.1 Å². The van der Waals surface area contributed by atoms with Crippen LogP contribution in [0.3, 0.4) is 0 Å². The normalized spacial score (nSPS) is 18.0. The van der Waals surface area contributed by atoms with Crippen molar-refractivity contribution in [3.05, 3.63) is 157 Å². The molecule has 7 N–H and O–H groups in total. The number of para-hydroxylation sites is 2. The van der Waals surface area contributed by atoms with Gasteiger partial charge in [-0.1, -0.05) is 137 Å². The summed E-state index contributed by atoms with van der Waals surface area (Å²) in [4.78, 5) is 77.7. The van der Waals surface area contributed by atoms with Crippen LogP contribution in [0, 0.1) is 35.5 Å². The average Bonchev–Trinajstić information content (AvgIpc) is 3.52. The van der Waals surface area contributed by atoms with E-state index in [1.54, 1.807) is 12.2 Å². The highest BCUT2D eigenvalue weighted by atomic mass is 16.4. The highest BCUT2D eigenvalue weighted by molar-refractivity contribution is 6.19. The van der Waals surface area contributed by atoms with E-state index < -0.39 is 47.9 Å². The number of carbonyl (C=O) groups is 6. The summed E-state index contributed by atoms with van der Waals surface area (Å²) in [6.07, 6.45) is 3.33. The third kappa shape index (κ3) is 15.1. The van der Waals surface area contributed by atoms with Gasteiger partial charge in [0.05, 0.1) is 23.4 Å². The van der Waals surface area contributed by atoms with Gasteiger partial charge in [0.1, 0.15) is 17.7 Å². The molecule has 0 fully saturated rings. The van der Waals surface area contributed by atoms with E-state index >= 15 is 0 Å². The Morgan fingerprint density at radius 1 is 0.687 bits per heavy atom. The van der Waals surface area contributed by atoms with Crippen LogP contribution in [0.15, 0.2) is 139 Å². The van der Waals surface area contributed by atoms with E-state index in [4.69, 9.17) is 10.8 Å². The number of benzodiazepines with no additional fused rings is 1. The lowest BCUT2D eigenvalue weighted by Crippen LogP contribution is -2.47. The molecule has 2 aliphatic heterocycles. The molecule has 2 heterocycles. The van der Waals surface area contributed by atoms with Crippen molar-refractivity contribution in [1.29, 1.82) is 0 Å². The second kappa shape index (κ2) is 25.8. The number of ketones is 2. The number of carboxylic acid groups (broad SMARTS) is 1. The molecule has 0 saturated carbocycles. The summed E-state index contributed by atoms with van der Waals surface area (Å²) in [5.74, 6) is -3.62. The van der Waals surface area contributed by atoms with Gasteiger partial charge in [-0.15, -0.1) is 13.2 Å². The summed E-state index contributed by atoms with van der Waals surface area (Å²) >= 11 is 0. The molecule has 13 nitrogen and oxygen atoms in total. The predicted octanol–water partition coefficient (Wildman–Crippen LogP) is 8.48. The lowest BCUT2D eigenvalue weighted by atomic mass is 9.80. The molecule has 67 heavy (non-hydrogen) atoms. The maximum absolute atomic E-state index is 13.4. The molecule has 0 spiro atoms. The monoisotopic (exact) mass is 910 g/mol. The van der Waals surface area contributed by atoms with Crippen LogP contribution in [-0.2, 0) is 28.8 Å². The number of aliphatic carboxylic acids is 1. The Morgan fingerprint density at radius 3 is 1.73 bits per heavy atom. The van der Waals surface area contributed by atoms with Gasteiger partial charge in [0, 0.05) is 34.6 Å². The van der Waals surface area contributed by atoms with Gasteiger partial charge in [-0.25, -0.2) is 4.99 Å². The molecule has 0 aromatic heterocycles. The van der Waals surface area contributed by atoms with Crippen molar-refractivity contribution in [2.24, 2.45) is 46.2 Å². The number of amides is 3. The van der Waals surface area contributed by atoms with Gasteiger partial charge in [-0.05, 0) is 74.6 Å². The number of carboxylic acids is 1. The number of Topliss-reactive ketones (excluding diaryl/α,β-unsaturated/α-hetero) is 2. The van der Waals surface area contributed by atoms with Crippen LogP contribution in [0.2, 0.25) is 0 Å². The number of allylic oxidation sites excluding steroid dienone is 2. The van der Waals surface area contributed by atoms with Crippen molar-refractivity contribution < 1.29 is 33.9 Å². The molecule has 3 amide bonds. The number of aliphatic imine (C=N–C) groups is 1. The minimum Gasteiger partial charge on any atom is -0.481 e. The van der Waals surface area contributed by atoms with Crippen molar-refractivity contribution in [1.82, 2.24) is 10.6 Å². The third-order valence-electron chi connectivity index (χ3n) is 11.5. The first-order valence-corrected chi connectivity index (χ1v) is 22.7. The maximum Gasteiger partial charge on any atom is 0.307 e. The number of hydrogen-bond donors (Lipinski definition) is 6. The summed E-state index contributed by atoms with van der Waals surface area (Å²) in [6.45, 7) is 18.2. The second-order valence-electron chi connectivity index (χ2n) is 17.6. The predicted molar refractivity (Wildman–Crippen MR) is 265 cm³/mol. The van der Waals surface area contributed by atoms with Crippen LogP contribution < -0.4 is 27.0 Å². The molecular weight excluding hydrogens is 845 g/mol. The van der Waals surface area contributed by atoms with Gasteiger partial charge in [-0.2, -0.15) is 0 Å². The number of fused-ring (bicyclic) bond motifs is 2. The van der Waals surface area contributed by atoms with Crippen LogP contribution in [0.4, 0.5) is 11.4 Å². The highest BCUT2D eigenvalue weighted by Gasteiger charge is 2.35. The van der Waals surface area contributed by atoms with Crippen molar-refractivity contribution in [2.45, 2.75) is 85.6 Å². The Balaban J connectivity index is 0.000000243. The minimum atomic E-state index is -1.12. The molecular formula is C54H66N6O7. The Labute approximate surface area is 394 Å². The summed E-state index contributed by atoms with van der Waals surface area (Å²) in [5.41, 5.74) is 11.6. The molecule has 7 atom stereocenters. The van der Waals surface area contributed by atoms with Gasteiger partial charge >= 0.3 is 5.97 Å². The fourth-order valence-corrected chi connectivity index (χ4v) is 8.26. The van der Waals surface area contributed by atoms with E-state index in [-0.39, 0.29) is 41.3 Å². The summed E-state index contributed by atoms with van der Waals surface area (Å²) in [5, 5.41) is 20.8. The zero-order chi connectivity index (χ0) is 49.2. The van der Waals surface area contributed by atoms with Gasteiger partial charge < -0.3 is 26.8 Å². The van der Waals surface area contributed by atoms with E-state index in [0.717, 1.165) is 27.9 Å². The van der Waals surface area contributed by atoms with E-state index in [9.17, 15) is 28.8 Å².